The number of fused-ring (bicyclic) bond motifs is 1. The van der Waals surface area contributed by atoms with Gasteiger partial charge in [-0.1, -0.05) is 30.0 Å². The molecule has 1 amide bonds. The van der Waals surface area contributed by atoms with E-state index in [1.165, 1.54) is 16.4 Å². The highest BCUT2D eigenvalue weighted by atomic mass is 32.2. The first kappa shape index (κ1) is 26.6. The number of carbonyl (C=O) groups is 2. The molecule has 0 unspecified atom stereocenters. The van der Waals surface area contributed by atoms with Crippen LogP contribution in [0.2, 0.25) is 0 Å². The molecular weight excluding hydrogens is 522 g/mol. The Labute approximate surface area is 218 Å². The maximum absolute atomic E-state index is 12.9. The second kappa shape index (κ2) is 12.2. The molecule has 1 N–H and O–H groups in total. The van der Waals surface area contributed by atoms with Crippen molar-refractivity contribution in [1.82, 2.24) is 9.29 Å². The number of benzene rings is 2. The van der Waals surface area contributed by atoms with Gasteiger partial charge in [0.2, 0.25) is 10.0 Å². The van der Waals surface area contributed by atoms with Crippen LogP contribution < -0.4 is 5.32 Å². The summed E-state index contributed by atoms with van der Waals surface area (Å²) in [4.78, 5) is 29.1. The van der Waals surface area contributed by atoms with E-state index in [0.29, 0.717) is 36.6 Å². The number of carbonyl (C=O) groups excluding carboxylic acids is 2. The molecule has 1 aliphatic rings. The van der Waals surface area contributed by atoms with Crippen LogP contribution in [-0.4, -0.2) is 68.2 Å². The molecule has 36 heavy (non-hydrogen) atoms. The Hall–Kier alpha value is -2.51. The smallest absolute Gasteiger partial charge is 0.306 e. The average molecular weight is 550 g/mol. The van der Waals surface area contributed by atoms with Gasteiger partial charge in [-0.05, 0) is 43.2 Å². The lowest BCUT2D eigenvalue weighted by atomic mass is 10.2. The van der Waals surface area contributed by atoms with Crippen LogP contribution in [0.4, 0.5) is 5.69 Å². The highest BCUT2D eigenvalue weighted by Gasteiger charge is 2.27. The van der Waals surface area contributed by atoms with E-state index in [1.54, 1.807) is 36.1 Å². The Bertz CT molecular complexity index is 1300. The summed E-state index contributed by atoms with van der Waals surface area (Å²) in [6, 6.07) is 12.5. The maximum atomic E-state index is 12.9. The molecule has 0 aliphatic carbocycles. The number of thioether (sulfide) groups is 1. The molecule has 192 valence electrons. The Morgan fingerprint density at radius 1 is 1.19 bits per heavy atom. The predicted octanol–water partition coefficient (Wildman–Crippen LogP) is 3.68. The minimum atomic E-state index is -3.69. The number of sulfonamides is 1. The minimum Gasteiger partial charge on any atom is -0.456 e. The van der Waals surface area contributed by atoms with Crippen LogP contribution in [0.3, 0.4) is 0 Å². The van der Waals surface area contributed by atoms with Gasteiger partial charge in [-0.25, -0.2) is 13.4 Å². The van der Waals surface area contributed by atoms with Gasteiger partial charge in [0.1, 0.15) is 0 Å². The molecule has 0 spiro atoms. The minimum absolute atomic E-state index is 0.0907. The number of amides is 1. The number of nitrogens with zero attached hydrogens (tertiary/aromatic N) is 2. The number of morpholine rings is 1. The van der Waals surface area contributed by atoms with Crippen LogP contribution in [-0.2, 0) is 29.1 Å². The van der Waals surface area contributed by atoms with Crippen molar-refractivity contribution in [3.8, 4) is 0 Å². The number of esters is 1. The standard InChI is InChI=1S/C24H27N3O6S3/c1-17-8-9-18(36(30,31)27-10-12-32-13-11-27)15-20(17)25-22(28)16-33-23(29)7-4-14-34-24-26-19-5-2-3-6-21(19)35-24/h2-3,5-6,8-9,15H,4,7,10-14,16H2,1H3,(H,25,28). The largest absolute Gasteiger partial charge is 0.456 e. The Morgan fingerprint density at radius 3 is 2.75 bits per heavy atom. The second-order valence-corrected chi connectivity index (χ2v) is 12.4. The maximum Gasteiger partial charge on any atom is 0.306 e. The monoisotopic (exact) mass is 549 g/mol. The first-order valence-corrected chi connectivity index (χ1v) is 14.7. The van der Waals surface area contributed by atoms with Gasteiger partial charge < -0.3 is 14.8 Å². The van der Waals surface area contributed by atoms with Crippen LogP contribution >= 0.6 is 23.1 Å². The number of rotatable bonds is 10. The number of para-hydroxylation sites is 1. The van der Waals surface area contributed by atoms with Crippen molar-refractivity contribution in [2.45, 2.75) is 29.0 Å². The molecule has 2 aromatic carbocycles. The molecule has 1 fully saturated rings. The third kappa shape index (κ3) is 6.83. The molecule has 0 radical (unpaired) electrons. The number of hydrogen-bond acceptors (Lipinski definition) is 9. The van der Waals surface area contributed by atoms with Crippen LogP contribution in [0.1, 0.15) is 18.4 Å². The van der Waals surface area contributed by atoms with Crippen molar-refractivity contribution >= 4 is 60.9 Å². The van der Waals surface area contributed by atoms with Gasteiger partial charge in [0, 0.05) is 31.0 Å². The quantitative estimate of drug-likeness (QED) is 0.231. The SMILES string of the molecule is Cc1ccc(S(=O)(=O)N2CCOCC2)cc1NC(=O)COC(=O)CCCSc1nc2ccccc2s1. The molecule has 4 rings (SSSR count). The van der Waals surface area contributed by atoms with Crippen LogP contribution in [0, 0.1) is 6.92 Å². The van der Waals surface area contributed by atoms with Crippen LogP contribution in [0.15, 0.2) is 51.7 Å². The third-order valence-electron chi connectivity index (χ3n) is 5.48. The summed E-state index contributed by atoms with van der Waals surface area (Å²) >= 11 is 3.21. The van der Waals surface area contributed by atoms with Crippen molar-refractivity contribution in [2.24, 2.45) is 0 Å². The zero-order chi connectivity index (χ0) is 25.5. The van der Waals surface area contributed by atoms with Crippen LogP contribution in [0.5, 0.6) is 0 Å². The fraction of sp³-hybridized carbons (Fsp3) is 0.375. The average Bonchev–Trinajstić information content (AvgIpc) is 3.30. The first-order chi connectivity index (χ1) is 17.3. The fourth-order valence-corrected chi connectivity index (χ4v) is 7.04. The third-order valence-corrected chi connectivity index (χ3v) is 9.64. The van der Waals surface area contributed by atoms with Gasteiger partial charge in [0.25, 0.3) is 5.91 Å². The molecule has 0 atom stereocenters. The Balaban J connectivity index is 1.22. The molecular formula is C24H27N3O6S3. The molecule has 2 heterocycles. The number of nitrogens with one attached hydrogen (secondary N) is 1. The zero-order valence-corrected chi connectivity index (χ0v) is 22.2. The van der Waals surface area contributed by atoms with E-state index in [1.807, 2.05) is 24.3 Å². The molecule has 9 nitrogen and oxygen atoms in total. The van der Waals surface area contributed by atoms with E-state index in [-0.39, 0.29) is 24.4 Å². The summed E-state index contributed by atoms with van der Waals surface area (Å²) in [5.41, 5.74) is 2.02. The topological polar surface area (TPSA) is 115 Å². The van der Waals surface area contributed by atoms with Gasteiger partial charge in [-0.3, -0.25) is 9.59 Å². The van der Waals surface area contributed by atoms with E-state index in [9.17, 15) is 18.0 Å². The van der Waals surface area contributed by atoms with Crippen molar-refractivity contribution < 1.29 is 27.5 Å². The molecule has 1 aliphatic heterocycles. The molecule has 3 aromatic rings. The number of hydrogen-bond donors (Lipinski definition) is 1. The molecule has 1 aromatic heterocycles. The summed E-state index contributed by atoms with van der Waals surface area (Å²) in [7, 11) is -3.69. The number of aromatic nitrogens is 1. The predicted molar refractivity (Wildman–Crippen MR) is 140 cm³/mol. The lowest BCUT2D eigenvalue weighted by molar-refractivity contribution is -0.147. The van der Waals surface area contributed by atoms with Crippen molar-refractivity contribution in [3.63, 3.8) is 0 Å². The van der Waals surface area contributed by atoms with E-state index < -0.39 is 28.5 Å². The number of aryl methyl sites for hydroxylation is 1. The normalized spacial score (nSPS) is 14.6. The van der Waals surface area contributed by atoms with E-state index in [0.717, 1.165) is 14.6 Å². The lowest BCUT2D eigenvalue weighted by Gasteiger charge is -2.26. The lowest BCUT2D eigenvalue weighted by Crippen LogP contribution is -2.40. The van der Waals surface area contributed by atoms with E-state index in [4.69, 9.17) is 9.47 Å². The summed E-state index contributed by atoms with van der Waals surface area (Å²) in [6.07, 6.45) is 0.791. The first-order valence-electron chi connectivity index (χ1n) is 11.5. The Kier molecular flexibility index (Phi) is 8.96. The van der Waals surface area contributed by atoms with Crippen molar-refractivity contribution in [2.75, 3.05) is 44.0 Å². The van der Waals surface area contributed by atoms with Crippen LogP contribution in [0.25, 0.3) is 10.2 Å². The van der Waals surface area contributed by atoms with Gasteiger partial charge >= 0.3 is 5.97 Å². The van der Waals surface area contributed by atoms with Gasteiger partial charge in [-0.15, -0.1) is 11.3 Å². The molecule has 0 saturated carbocycles. The van der Waals surface area contributed by atoms with E-state index >= 15 is 0 Å². The van der Waals surface area contributed by atoms with Gasteiger partial charge in [-0.2, -0.15) is 4.31 Å². The number of anilines is 1. The van der Waals surface area contributed by atoms with Gasteiger partial charge in [0.15, 0.2) is 10.9 Å². The summed E-state index contributed by atoms with van der Waals surface area (Å²) < 4.78 is 39.6. The highest BCUT2D eigenvalue weighted by Crippen LogP contribution is 2.29. The fourth-order valence-electron chi connectivity index (χ4n) is 3.53. The highest BCUT2D eigenvalue weighted by molar-refractivity contribution is 8.01. The Morgan fingerprint density at radius 2 is 1.97 bits per heavy atom. The summed E-state index contributed by atoms with van der Waals surface area (Å²) in [5.74, 6) is -0.281. The number of thiazole rings is 1. The molecule has 0 bridgehead atoms. The van der Waals surface area contributed by atoms with Crippen molar-refractivity contribution in [1.29, 1.82) is 0 Å². The van der Waals surface area contributed by atoms with Crippen molar-refractivity contribution in [3.05, 3.63) is 48.0 Å². The zero-order valence-electron chi connectivity index (χ0n) is 19.8. The second-order valence-electron chi connectivity index (χ2n) is 8.10. The van der Waals surface area contributed by atoms with E-state index in [2.05, 4.69) is 10.3 Å². The van der Waals surface area contributed by atoms with Gasteiger partial charge in [0.05, 0.1) is 28.3 Å². The number of ether oxygens (including phenoxy) is 2. The summed E-state index contributed by atoms with van der Waals surface area (Å²) in [5, 5.41) is 2.65. The summed E-state index contributed by atoms with van der Waals surface area (Å²) in [6.45, 7) is 2.58. The molecule has 1 saturated heterocycles. The molecule has 12 heteroatoms.